The highest BCUT2D eigenvalue weighted by Crippen LogP contribution is 2.36. The zero-order valence-corrected chi connectivity index (χ0v) is 11.3. The third kappa shape index (κ3) is 4.98. The molecule has 3 nitrogen and oxygen atoms in total. The van der Waals surface area contributed by atoms with Crippen LogP contribution in [-0.2, 0) is 6.18 Å². The van der Waals surface area contributed by atoms with Crippen LogP contribution in [0.2, 0.25) is 5.02 Å². The van der Waals surface area contributed by atoms with Gasteiger partial charge in [-0.3, -0.25) is 4.99 Å². The molecule has 0 fully saturated rings. The maximum atomic E-state index is 12.6. The molecule has 0 aliphatic rings. The van der Waals surface area contributed by atoms with Crippen molar-refractivity contribution in [3.05, 3.63) is 28.8 Å². The second kappa shape index (κ2) is 6.14. The fourth-order valence-corrected chi connectivity index (χ4v) is 1.51. The van der Waals surface area contributed by atoms with Gasteiger partial charge < -0.3 is 11.1 Å². The van der Waals surface area contributed by atoms with E-state index in [9.17, 15) is 13.2 Å². The first-order chi connectivity index (χ1) is 8.70. The third-order valence-corrected chi connectivity index (χ3v) is 2.50. The zero-order chi connectivity index (χ0) is 14.6. The van der Waals surface area contributed by atoms with Crippen LogP contribution in [0.5, 0.6) is 0 Å². The van der Waals surface area contributed by atoms with Crippen LogP contribution in [0.4, 0.5) is 18.9 Å². The number of alkyl halides is 3. The van der Waals surface area contributed by atoms with E-state index in [2.05, 4.69) is 10.3 Å². The smallest absolute Gasteiger partial charge is 0.370 e. The molecule has 7 heteroatoms. The summed E-state index contributed by atoms with van der Waals surface area (Å²) in [5.74, 6) is 0.389. The number of rotatable bonds is 3. The minimum absolute atomic E-state index is 0.0733. The second-order valence-corrected chi connectivity index (χ2v) is 4.84. The van der Waals surface area contributed by atoms with Gasteiger partial charge in [0, 0.05) is 12.2 Å². The Labute approximate surface area is 114 Å². The van der Waals surface area contributed by atoms with E-state index in [-0.39, 0.29) is 16.7 Å². The van der Waals surface area contributed by atoms with Gasteiger partial charge in [-0.05, 0) is 24.1 Å². The molecule has 0 saturated carbocycles. The number of anilines is 1. The molecular weight excluding hydrogens is 279 g/mol. The maximum absolute atomic E-state index is 12.6. The van der Waals surface area contributed by atoms with Crippen LogP contribution in [0.1, 0.15) is 19.4 Å². The number of aliphatic imine (C=N–C) groups is 1. The van der Waals surface area contributed by atoms with Crippen molar-refractivity contribution in [2.45, 2.75) is 20.0 Å². The number of halogens is 4. The number of benzene rings is 1. The molecule has 106 valence electrons. The number of nitrogens with zero attached hydrogens (tertiary/aromatic N) is 1. The molecule has 0 heterocycles. The third-order valence-electron chi connectivity index (χ3n) is 2.17. The molecule has 0 amide bonds. The predicted molar refractivity (Wildman–Crippen MR) is 71.4 cm³/mol. The molecule has 1 aromatic carbocycles. The number of nitrogens with one attached hydrogen (secondary N) is 1. The molecule has 3 N–H and O–H groups in total. The number of guanidine groups is 1. The quantitative estimate of drug-likeness (QED) is 0.659. The molecule has 1 aromatic rings. The Bertz CT molecular complexity index is 470. The van der Waals surface area contributed by atoms with E-state index in [1.807, 2.05) is 13.8 Å². The van der Waals surface area contributed by atoms with Gasteiger partial charge in [0.2, 0.25) is 0 Å². The Hall–Kier alpha value is -1.43. The molecule has 0 bridgehead atoms. The Balaban J connectivity index is 2.89. The Kier molecular flexibility index (Phi) is 5.05. The number of hydrogen-bond donors (Lipinski definition) is 2. The fourth-order valence-electron chi connectivity index (χ4n) is 1.29. The van der Waals surface area contributed by atoms with Crippen molar-refractivity contribution in [1.82, 2.24) is 0 Å². The molecule has 0 unspecified atom stereocenters. The summed E-state index contributed by atoms with van der Waals surface area (Å²) in [6.07, 6.45) is -4.50. The first-order valence-corrected chi connectivity index (χ1v) is 6.01. The first-order valence-electron chi connectivity index (χ1n) is 5.64. The van der Waals surface area contributed by atoms with Crippen LogP contribution in [0.15, 0.2) is 23.2 Å². The minimum atomic E-state index is -4.50. The molecule has 0 radical (unpaired) electrons. The van der Waals surface area contributed by atoms with Gasteiger partial charge in [-0.25, -0.2) is 0 Å². The van der Waals surface area contributed by atoms with Crippen molar-refractivity contribution in [3.63, 3.8) is 0 Å². The summed E-state index contributed by atoms with van der Waals surface area (Å²) in [6, 6.07) is 3.48. The molecule has 0 aromatic heterocycles. The number of nitrogens with two attached hydrogens (primary N) is 1. The summed E-state index contributed by atoms with van der Waals surface area (Å²) in [7, 11) is 0. The highest BCUT2D eigenvalue weighted by Gasteiger charge is 2.33. The molecular formula is C12H15ClF3N3. The minimum Gasteiger partial charge on any atom is -0.370 e. The zero-order valence-electron chi connectivity index (χ0n) is 10.6. The highest BCUT2D eigenvalue weighted by molar-refractivity contribution is 6.31. The van der Waals surface area contributed by atoms with Gasteiger partial charge in [-0.1, -0.05) is 25.4 Å². The van der Waals surface area contributed by atoms with Gasteiger partial charge in [0.1, 0.15) is 0 Å². The SMILES string of the molecule is CC(C)CN=C(N)Nc1ccc(Cl)c(C(F)(F)F)c1. The lowest BCUT2D eigenvalue weighted by Gasteiger charge is -2.12. The standard InChI is InChI=1S/C12H15ClF3N3/c1-7(2)6-18-11(17)19-8-3-4-10(13)9(5-8)12(14,15)16/h3-5,7H,6H2,1-2H3,(H3,17,18,19). The first kappa shape index (κ1) is 15.6. The van der Waals surface area contributed by atoms with E-state index < -0.39 is 11.7 Å². The Morgan fingerprint density at radius 1 is 1.42 bits per heavy atom. The fraction of sp³-hybridized carbons (Fsp3) is 0.417. The van der Waals surface area contributed by atoms with Gasteiger partial charge in [-0.2, -0.15) is 13.2 Å². The van der Waals surface area contributed by atoms with Crippen LogP contribution in [0, 0.1) is 5.92 Å². The van der Waals surface area contributed by atoms with Crippen molar-refractivity contribution in [2.24, 2.45) is 16.6 Å². The average molecular weight is 294 g/mol. The van der Waals surface area contributed by atoms with Crippen molar-refractivity contribution < 1.29 is 13.2 Å². The van der Waals surface area contributed by atoms with Gasteiger partial charge in [0.15, 0.2) is 5.96 Å². The predicted octanol–water partition coefficient (Wildman–Crippen LogP) is 3.74. The molecule has 0 atom stereocenters. The lowest BCUT2D eigenvalue weighted by atomic mass is 10.2. The van der Waals surface area contributed by atoms with Crippen molar-refractivity contribution in [1.29, 1.82) is 0 Å². The van der Waals surface area contributed by atoms with Crippen LogP contribution in [0.3, 0.4) is 0 Å². The van der Waals surface area contributed by atoms with Gasteiger partial charge in [0.05, 0.1) is 10.6 Å². The van der Waals surface area contributed by atoms with Crippen molar-refractivity contribution >= 4 is 23.2 Å². The highest BCUT2D eigenvalue weighted by atomic mass is 35.5. The summed E-state index contributed by atoms with van der Waals surface area (Å²) >= 11 is 5.51. The molecule has 0 spiro atoms. The summed E-state index contributed by atoms with van der Waals surface area (Å²) in [6.45, 7) is 4.42. The summed E-state index contributed by atoms with van der Waals surface area (Å²) in [4.78, 5) is 4.00. The van der Waals surface area contributed by atoms with E-state index in [0.717, 1.165) is 6.07 Å². The Morgan fingerprint density at radius 2 is 2.05 bits per heavy atom. The van der Waals surface area contributed by atoms with Gasteiger partial charge in [0.25, 0.3) is 0 Å². The van der Waals surface area contributed by atoms with E-state index in [0.29, 0.717) is 12.5 Å². The molecule has 0 saturated heterocycles. The van der Waals surface area contributed by atoms with Crippen LogP contribution in [-0.4, -0.2) is 12.5 Å². The van der Waals surface area contributed by atoms with E-state index in [1.54, 1.807) is 0 Å². The molecule has 1 rings (SSSR count). The van der Waals surface area contributed by atoms with E-state index in [4.69, 9.17) is 17.3 Å². The van der Waals surface area contributed by atoms with Crippen molar-refractivity contribution in [3.8, 4) is 0 Å². The van der Waals surface area contributed by atoms with Gasteiger partial charge in [-0.15, -0.1) is 0 Å². The maximum Gasteiger partial charge on any atom is 0.417 e. The Morgan fingerprint density at radius 3 is 2.58 bits per heavy atom. The monoisotopic (exact) mass is 293 g/mol. The summed E-state index contributed by atoms with van der Waals surface area (Å²) < 4.78 is 37.9. The largest absolute Gasteiger partial charge is 0.417 e. The van der Waals surface area contributed by atoms with Gasteiger partial charge >= 0.3 is 6.18 Å². The van der Waals surface area contributed by atoms with Crippen LogP contribution in [0.25, 0.3) is 0 Å². The lowest BCUT2D eigenvalue weighted by molar-refractivity contribution is -0.137. The molecule has 0 aliphatic carbocycles. The lowest BCUT2D eigenvalue weighted by Crippen LogP contribution is -2.23. The van der Waals surface area contributed by atoms with Crippen molar-refractivity contribution in [2.75, 3.05) is 11.9 Å². The van der Waals surface area contributed by atoms with E-state index >= 15 is 0 Å². The number of hydrogen-bond acceptors (Lipinski definition) is 1. The van der Waals surface area contributed by atoms with E-state index in [1.165, 1.54) is 12.1 Å². The van der Waals surface area contributed by atoms with Crippen LogP contribution < -0.4 is 11.1 Å². The normalized spacial score (nSPS) is 12.9. The average Bonchev–Trinajstić information content (AvgIpc) is 2.27. The summed E-state index contributed by atoms with van der Waals surface area (Å²) in [5.41, 5.74) is 4.87. The summed E-state index contributed by atoms with van der Waals surface area (Å²) in [5, 5.41) is 2.25. The molecule has 0 aliphatic heterocycles. The van der Waals surface area contributed by atoms with Crippen LogP contribution >= 0.6 is 11.6 Å². The topological polar surface area (TPSA) is 50.4 Å². The molecule has 19 heavy (non-hydrogen) atoms. The second-order valence-electron chi connectivity index (χ2n) is 4.44.